The lowest BCUT2D eigenvalue weighted by atomic mass is 9.94. The van der Waals surface area contributed by atoms with Crippen molar-refractivity contribution in [1.82, 2.24) is 9.88 Å². The highest BCUT2D eigenvalue weighted by atomic mass is 32.2. The molecule has 0 aromatic carbocycles. The summed E-state index contributed by atoms with van der Waals surface area (Å²) >= 11 is 0. The van der Waals surface area contributed by atoms with Crippen LogP contribution in [0, 0.1) is 5.41 Å². The van der Waals surface area contributed by atoms with Crippen LogP contribution < -0.4 is 10.0 Å². The maximum Gasteiger partial charge on any atom is 0.241 e. The molecule has 0 atom stereocenters. The van der Waals surface area contributed by atoms with Crippen molar-refractivity contribution in [2.75, 3.05) is 31.1 Å². The molecule has 0 radical (unpaired) electrons. The molecule has 1 aliphatic heterocycles. The number of rotatable bonds is 2. The fourth-order valence-electron chi connectivity index (χ4n) is 2.65. The second-order valence-electron chi connectivity index (χ2n) is 6.75. The van der Waals surface area contributed by atoms with Crippen LogP contribution >= 0.6 is 0 Å². The fraction of sp³-hybridized carbons (Fsp3) is 0.600. The van der Waals surface area contributed by atoms with Crippen molar-refractivity contribution >= 4 is 21.7 Å². The van der Waals surface area contributed by atoms with E-state index < -0.39 is 15.4 Å². The van der Waals surface area contributed by atoms with E-state index >= 15 is 0 Å². The van der Waals surface area contributed by atoms with E-state index in [4.69, 9.17) is 5.14 Å². The quantitative estimate of drug-likeness (QED) is 0.859. The Hall–Kier alpha value is -1.67. The van der Waals surface area contributed by atoms with Gasteiger partial charge >= 0.3 is 0 Å². The number of amides is 1. The normalized spacial score (nSPS) is 17.0. The van der Waals surface area contributed by atoms with Gasteiger partial charge in [0.15, 0.2) is 0 Å². The minimum Gasteiger partial charge on any atom is -0.354 e. The number of carbonyl (C=O) groups is 1. The second kappa shape index (κ2) is 6.45. The van der Waals surface area contributed by atoms with Crippen LogP contribution in [0.25, 0.3) is 0 Å². The van der Waals surface area contributed by atoms with E-state index in [-0.39, 0.29) is 10.8 Å². The molecule has 23 heavy (non-hydrogen) atoms. The first kappa shape index (κ1) is 17.7. The summed E-state index contributed by atoms with van der Waals surface area (Å²) in [5.74, 6) is 0.465. The molecule has 8 heteroatoms. The van der Waals surface area contributed by atoms with Crippen LogP contribution in [0.3, 0.4) is 0 Å². The smallest absolute Gasteiger partial charge is 0.241 e. The maximum absolute atomic E-state index is 12.4. The van der Waals surface area contributed by atoms with Crippen molar-refractivity contribution in [3.05, 3.63) is 18.3 Å². The van der Waals surface area contributed by atoms with Crippen molar-refractivity contribution < 1.29 is 13.2 Å². The maximum atomic E-state index is 12.4. The first-order valence-corrected chi connectivity index (χ1v) is 9.17. The number of sulfonamides is 1. The Balaban J connectivity index is 2.21. The van der Waals surface area contributed by atoms with E-state index in [0.29, 0.717) is 32.0 Å². The standard InChI is InChI=1S/C15H24N4O3S/c1-15(2,3)14(20)19-9-5-8-18(10-11-19)13-12(23(16,21)22)6-4-7-17-13/h4,6-7H,5,8-11H2,1-3H3,(H2,16,21,22). The zero-order chi connectivity index (χ0) is 17.3. The summed E-state index contributed by atoms with van der Waals surface area (Å²) in [6.07, 6.45) is 2.30. The summed E-state index contributed by atoms with van der Waals surface area (Å²) in [7, 11) is -3.83. The predicted molar refractivity (Wildman–Crippen MR) is 88.5 cm³/mol. The number of hydrogen-bond acceptors (Lipinski definition) is 5. The highest BCUT2D eigenvalue weighted by molar-refractivity contribution is 7.89. The minimum atomic E-state index is -3.83. The highest BCUT2D eigenvalue weighted by Crippen LogP contribution is 2.24. The Morgan fingerprint density at radius 2 is 1.91 bits per heavy atom. The number of carbonyl (C=O) groups excluding carboxylic acids is 1. The average Bonchev–Trinajstić information content (AvgIpc) is 2.70. The average molecular weight is 340 g/mol. The SMILES string of the molecule is CC(C)(C)C(=O)N1CCCN(c2ncccc2S(N)(=O)=O)CC1. The lowest BCUT2D eigenvalue weighted by Crippen LogP contribution is -2.41. The molecule has 0 aliphatic carbocycles. The summed E-state index contributed by atoms with van der Waals surface area (Å²) in [5.41, 5.74) is -0.425. The minimum absolute atomic E-state index is 0.0237. The molecular weight excluding hydrogens is 316 g/mol. The summed E-state index contributed by atoms with van der Waals surface area (Å²) < 4.78 is 23.5. The number of nitrogens with zero attached hydrogens (tertiary/aromatic N) is 3. The molecule has 1 amide bonds. The fourth-order valence-corrected chi connectivity index (χ4v) is 3.35. The third-order valence-corrected chi connectivity index (χ3v) is 4.71. The Morgan fingerprint density at radius 3 is 2.52 bits per heavy atom. The Bertz CT molecular complexity index is 682. The van der Waals surface area contributed by atoms with Gasteiger partial charge < -0.3 is 9.80 Å². The molecule has 7 nitrogen and oxygen atoms in total. The number of anilines is 1. The summed E-state index contributed by atoms with van der Waals surface area (Å²) in [6.45, 7) is 8.05. The number of aromatic nitrogens is 1. The molecule has 2 rings (SSSR count). The lowest BCUT2D eigenvalue weighted by molar-refractivity contribution is -0.139. The van der Waals surface area contributed by atoms with E-state index in [1.807, 2.05) is 30.6 Å². The number of nitrogens with two attached hydrogens (primary N) is 1. The summed E-state index contributed by atoms with van der Waals surface area (Å²) in [5, 5.41) is 5.28. The van der Waals surface area contributed by atoms with Crippen molar-refractivity contribution in [3.63, 3.8) is 0 Å². The largest absolute Gasteiger partial charge is 0.354 e. The van der Waals surface area contributed by atoms with Crippen molar-refractivity contribution in [2.24, 2.45) is 10.6 Å². The molecule has 1 aliphatic rings. The van der Waals surface area contributed by atoms with E-state index in [0.717, 1.165) is 6.42 Å². The molecule has 0 bridgehead atoms. The Morgan fingerprint density at radius 1 is 1.22 bits per heavy atom. The van der Waals surface area contributed by atoms with Crippen LogP contribution in [0.15, 0.2) is 23.2 Å². The van der Waals surface area contributed by atoms with Crippen LogP contribution in [0.1, 0.15) is 27.2 Å². The van der Waals surface area contributed by atoms with Crippen molar-refractivity contribution in [1.29, 1.82) is 0 Å². The molecule has 1 fully saturated rings. The predicted octanol–water partition coefficient (Wildman–Crippen LogP) is 0.814. The monoisotopic (exact) mass is 340 g/mol. The van der Waals surface area contributed by atoms with Gasteiger partial charge in [0.1, 0.15) is 10.7 Å². The van der Waals surface area contributed by atoms with Crippen LogP contribution in [0.2, 0.25) is 0 Å². The van der Waals surface area contributed by atoms with E-state index in [1.54, 1.807) is 12.3 Å². The van der Waals surface area contributed by atoms with Gasteiger partial charge in [-0.05, 0) is 18.6 Å². The van der Waals surface area contributed by atoms with Crippen LogP contribution in [-0.4, -0.2) is 50.4 Å². The summed E-state index contributed by atoms with van der Waals surface area (Å²) in [4.78, 5) is 20.4. The van der Waals surface area contributed by atoms with Gasteiger partial charge in [-0.3, -0.25) is 4.79 Å². The van der Waals surface area contributed by atoms with Crippen LogP contribution in [0.5, 0.6) is 0 Å². The van der Waals surface area contributed by atoms with Gasteiger partial charge in [0.25, 0.3) is 0 Å². The molecule has 0 spiro atoms. The van der Waals surface area contributed by atoms with Gasteiger partial charge in [-0.25, -0.2) is 18.5 Å². The molecule has 1 aromatic rings. The van der Waals surface area contributed by atoms with Gasteiger partial charge in [-0.2, -0.15) is 0 Å². The Kier molecular flexibility index (Phi) is 4.95. The molecule has 1 saturated heterocycles. The molecule has 2 heterocycles. The zero-order valence-electron chi connectivity index (χ0n) is 13.8. The van der Waals surface area contributed by atoms with Crippen molar-refractivity contribution in [3.8, 4) is 0 Å². The first-order chi connectivity index (χ1) is 10.6. The third-order valence-electron chi connectivity index (χ3n) is 3.78. The van der Waals surface area contributed by atoms with Crippen molar-refractivity contribution in [2.45, 2.75) is 32.1 Å². The van der Waals surface area contributed by atoms with E-state index in [2.05, 4.69) is 4.98 Å². The molecule has 2 N–H and O–H groups in total. The van der Waals surface area contributed by atoms with Gasteiger partial charge in [0.05, 0.1) is 0 Å². The number of hydrogen-bond donors (Lipinski definition) is 1. The number of primary sulfonamides is 1. The van der Waals surface area contributed by atoms with Crippen LogP contribution in [-0.2, 0) is 14.8 Å². The Labute approximate surface area is 137 Å². The van der Waals surface area contributed by atoms with Gasteiger partial charge in [-0.1, -0.05) is 20.8 Å². The molecule has 0 unspecified atom stereocenters. The van der Waals surface area contributed by atoms with Gasteiger partial charge in [-0.15, -0.1) is 0 Å². The first-order valence-electron chi connectivity index (χ1n) is 7.63. The molecule has 1 aromatic heterocycles. The van der Waals surface area contributed by atoms with E-state index in [9.17, 15) is 13.2 Å². The zero-order valence-corrected chi connectivity index (χ0v) is 14.6. The molecular formula is C15H24N4O3S. The van der Waals surface area contributed by atoms with Crippen LogP contribution in [0.4, 0.5) is 5.82 Å². The lowest BCUT2D eigenvalue weighted by Gasteiger charge is -2.28. The second-order valence-corrected chi connectivity index (χ2v) is 8.28. The molecule has 128 valence electrons. The topological polar surface area (TPSA) is 96.6 Å². The third kappa shape index (κ3) is 4.20. The summed E-state index contributed by atoms with van der Waals surface area (Å²) in [6, 6.07) is 3.01. The van der Waals surface area contributed by atoms with Gasteiger partial charge in [0, 0.05) is 37.8 Å². The van der Waals surface area contributed by atoms with E-state index in [1.165, 1.54) is 6.07 Å². The van der Waals surface area contributed by atoms with Gasteiger partial charge in [0.2, 0.25) is 15.9 Å². The number of pyridine rings is 1. The highest BCUT2D eigenvalue weighted by Gasteiger charge is 2.29. The molecule has 0 saturated carbocycles.